The smallest absolute Gasteiger partial charge is 0.219 e. The predicted molar refractivity (Wildman–Crippen MR) is 62.8 cm³/mol. The van der Waals surface area contributed by atoms with Crippen LogP contribution in [0.15, 0.2) is 24.3 Å². The van der Waals surface area contributed by atoms with E-state index in [1.54, 1.807) is 11.8 Å². The summed E-state index contributed by atoms with van der Waals surface area (Å²) in [5.41, 5.74) is 2.65. The second kappa shape index (κ2) is 5.54. The van der Waals surface area contributed by atoms with E-state index in [1.807, 2.05) is 7.05 Å². The molecule has 0 spiro atoms. The van der Waals surface area contributed by atoms with E-state index < -0.39 is 0 Å². The zero-order valence-electron chi connectivity index (χ0n) is 9.79. The minimum absolute atomic E-state index is 0.125. The molecule has 0 aliphatic carbocycles. The number of aryl methyl sites for hydroxylation is 1. The van der Waals surface area contributed by atoms with Gasteiger partial charge in [-0.25, -0.2) is 0 Å². The van der Waals surface area contributed by atoms with E-state index in [1.165, 1.54) is 11.1 Å². The van der Waals surface area contributed by atoms with E-state index >= 15 is 0 Å². The molecule has 0 radical (unpaired) electrons. The van der Waals surface area contributed by atoms with Gasteiger partial charge in [0, 0.05) is 20.5 Å². The lowest BCUT2D eigenvalue weighted by Crippen LogP contribution is -2.26. The van der Waals surface area contributed by atoms with Crippen LogP contribution in [0.4, 0.5) is 0 Å². The Bertz CT molecular complexity index is 316. The lowest BCUT2D eigenvalue weighted by molar-refractivity contribution is -0.127. The zero-order valence-corrected chi connectivity index (χ0v) is 9.79. The first-order chi connectivity index (χ1) is 7.13. The van der Waals surface area contributed by atoms with Gasteiger partial charge in [-0.1, -0.05) is 31.2 Å². The highest BCUT2D eigenvalue weighted by Gasteiger charge is 2.01. The molecule has 1 aromatic rings. The summed E-state index contributed by atoms with van der Waals surface area (Å²) >= 11 is 0. The molecule has 2 heteroatoms. The quantitative estimate of drug-likeness (QED) is 0.738. The van der Waals surface area contributed by atoms with Crippen LogP contribution in [0.3, 0.4) is 0 Å². The molecule has 0 atom stereocenters. The van der Waals surface area contributed by atoms with E-state index in [4.69, 9.17) is 0 Å². The monoisotopic (exact) mass is 205 g/mol. The Labute approximate surface area is 91.9 Å². The normalized spacial score (nSPS) is 10.1. The summed E-state index contributed by atoms with van der Waals surface area (Å²) in [6.45, 7) is 4.54. The van der Waals surface area contributed by atoms with Crippen molar-refractivity contribution in [2.45, 2.75) is 26.7 Å². The van der Waals surface area contributed by atoms with Crippen LogP contribution in [-0.2, 0) is 17.6 Å². The number of carbonyl (C=O) groups is 1. The summed E-state index contributed by atoms with van der Waals surface area (Å²) in [6.07, 6.45) is 2.01. The maximum Gasteiger partial charge on any atom is 0.219 e. The SMILES string of the molecule is CCc1ccc(CCN(C)C(C)=O)cc1. The topological polar surface area (TPSA) is 20.3 Å². The van der Waals surface area contributed by atoms with Gasteiger partial charge in [0.15, 0.2) is 0 Å². The van der Waals surface area contributed by atoms with Crippen molar-refractivity contribution >= 4 is 5.91 Å². The van der Waals surface area contributed by atoms with Gasteiger partial charge in [-0.05, 0) is 24.0 Å². The van der Waals surface area contributed by atoms with Gasteiger partial charge in [-0.2, -0.15) is 0 Å². The van der Waals surface area contributed by atoms with Gasteiger partial charge in [-0.3, -0.25) is 4.79 Å². The molecule has 0 aromatic heterocycles. The van der Waals surface area contributed by atoms with Crippen molar-refractivity contribution < 1.29 is 4.79 Å². The lowest BCUT2D eigenvalue weighted by Gasteiger charge is -2.14. The van der Waals surface area contributed by atoms with Gasteiger partial charge in [0.25, 0.3) is 0 Å². The van der Waals surface area contributed by atoms with Crippen LogP contribution in [0.2, 0.25) is 0 Å². The largest absolute Gasteiger partial charge is 0.346 e. The van der Waals surface area contributed by atoms with E-state index in [2.05, 4.69) is 31.2 Å². The van der Waals surface area contributed by atoms with Crippen molar-refractivity contribution in [3.05, 3.63) is 35.4 Å². The molecule has 0 saturated heterocycles. The zero-order chi connectivity index (χ0) is 11.3. The highest BCUT2D eigenvalue weighted by atomic mass is 16.2. The molecule has 0 bridgehead atoms. The van der Waals surface area contributed by atoms with E-state index in [0.717, 1.165) is 19.4 Å². The Morgan fingerprint density at radius 1 is 1.20 bits per heavy atom. The molecule has 0 heterocycles. The molecule has 0 saturated carbocycles. The molecule has 1 rings (SSSR count). The fourth-order valence-corrected chi connectivity index (χ4v) is 1.40. The second-order valence-electron chi connectivity index (χ2n) is 3.86. The number of benzene rings is 1. The van der Waals surface area contributed by atoms with Gasteiger partial charge in [0.2, 0.25) is 5.91 Å². The van der Waals surface area contributed by atoms with Crippen molar-refractivity contribution in [2.24, 2.45) is 0 Å². The Hall–Kier alpha value is -1.31. The first kappa shape index (κ1) is 11.8. The summed E-state index contributed by atoms with van der Waals surface area (Å²) in [5, 5.41) is 0. The number of carbonyl (C=O) groups excluding carboxylic acids is 1. The van der Waals surface area contributed by atoms with Crippen LogP contribution in [0.25, 0.3) is 0 Å². The maximum absolute atomic E-state index is 11.0. The Morgan fingerprint density at radius 2 is 1.73 bits per heavy atom. The Kier molecular flexibility index (Phi) is 4.35. The van der Waals surface area contributed by atoms with E-state index in [-0.39, 0.29) is 5.91 Å². The molecule has 0 aliphatic heterocycles. The second-order valence-corrected chi connectivity index (χ2v) is 3.86. The van der Waals surface area contributed by atoms with Crippen molar-refractivity contribution in [2.75, 3.05) is 13.6 Å². The molecule has 0 unspecified atom stereocenters. The third-order valence-corrected chi connectivity index (χ3v) is 2.70. The summed E-state index contributed by atoms with van der Waals surface area (Å²) in [6, 6.07) is 8.60. The molecule has 1 aromatic carbocycles. The van der Waals surface area contributed by atoms with Gasteiger partial charge in [-0.15, -0.1) is 0 Å². The number of nitrogens with zero attached hydrogens (tertiary/aromatic N) is 1. The highest BCUT2D eigenvalue weighted by molar-refractivity contribution is 5.72. The average molecular weight is 205 g/mol. The molecule has 15 heavy (non-hydrogen) atoms. The van der Waals surface area contributed by atoms with Crippen LogP contribution in [0.1, 0.15) is 25.0 Å². The number of likely N-dealkylation sites (N-methyl/N-ethyl adjacent to an activating group) is 1. The van der Waals surface area contributed by atoms with Crippen molar-refractivity contribution in [1.82, 2.24) is 4.90 Å². The summed E-state index contributed by atoms with van der Waals surface area (Å²) in [4.78, 5) is 12.7. The molecule has 1 amide bonds. The van der Waals surface area contributed by atoms with Gasteiger partial charge in [0.1, 0.15) is 0 Å². The lowest BCUT2D eigenvalue weighted by atomic mass is 10.1. The van der Waals surface area contributed by atoms with Crippen molar-refractivity contribution in [3.63, 3.8) is 0 Å². The number of rotatable bonds is 4. The first-order valence-electron chi connectivity index (χ1n) is 5.43. The maximum atomic E-state index is 11.0. The van der Waals surface area contributed by atoms with Crippen molar-refractivity contribution in [1.29, 1.82) is 0 Å². The summed E-state index contributed by atoms with van der Waals surface area (Å²) in [5.74, 6) is 0.125. The number of amides is 1. The van der Waals surface area contributed by atoms with Crippen LogP contribution < -0.4 is 0 Å². The van der Waals surface area contributed by atoms with Crippen molar-refractivity contribution in [3.8, 4) is 0 Å². The molecule has 0 N–H and O–H groups in total. The molecular weight excluding hydrogens is 186 g/mol. The van der Waals surface area contributed by atoms with Gasteiger partial charge >= 0.3 is 0 Å². The predicted octanol–water partition coefficient (Wildman–Crippen LogP) is 2.27. The molecule has 0 aliphatic rings. The Morgan fingerprint density at radius 3 is 2.20 bits per heavy atom. The molecular formula is C13H19NO. The average Bonchev–Trinajstić information content (AvgIpc) is 2.26. The molecule has 82 valence electrons. The van der Waals surface area contributed by atoms with Gasteiger partial charge in [0.05, 0.1) is 0 Å². The fraction of sp³-hybridized carbons (Fsp3) is 0.462. The van der Waals surface area contributed by atoms with E-state index in [9.17, 15) is 4.79 Å². The summed E-state index contributed by atoms with van der Waals surface area (Å²) < 4.78 is 0. The van der Waals surface area contributed by atoms with Gasteiger partial charge < -0.3 is 4.90 Å². The number of hydrogen-bond acceptors (Lipinski definition) is 1. The fourth-order valence-electron chi connectivity index (χ4n) is 1.40. The highest BCUT2D eigenvalue weighted by Crippen LogP contribution is 2.06. The molecule has 2 nitrogen and oxygen atoms in total. The first-order valence-corrected chi connectivity index (χ1v) is 5.43. The van der Waals surface area contributed by atoms with Crippen LogP contribution in [0, 0.1) is 0 Å². The summed E-state index contributed by atoms with van der Waals surface area (Å²) in [7, 11) is 1.84. The molecule has 0 fully saturated rings. The van der Waals surface area contributed by atoms with Crippen LogP contribution in [-0.4, -0.2) is 24.4 Å². The Balaban J connectivity index is 2.47. The van der Waals surface area contributed by atoms with Crippen LogP contribution >= 0.6 is 0 Å². The minimum Gasteiger partial charge on any atom is -0.346 e. The van der Waals surface area contributed by atoms with Crippen LogP contribution in [0.5, 0.6) is 0 Å². The third-order valence-electron chi connectivity index (χ3n) is 2.70. The standard InChI is InChI=1S/C13H19NO/c1-4-12-5-7-13(8-6-12)9-10-14(3)11(2)15/h5-8H,4,9-10H2,1-3H3. The number of hydrogen-bond donors (Lipinski definition) is 0. The third kappa shape index (κ3) is 3.74. The minimum atomic E-state index is 0.125. The van der Waals surface area contributed by atoms with E-state index in [0.29, 0.717) is 0 Å².